The van der Waals surface area contributed by atoms with Gasteiger partial charge >= 0.3 is 0 Å². The molecule has 0 bridgehead atoms. The molecule has 1 aliphatic rings. The zero-order chi connectivity index (χ0) is 14.8. The smallest absolute Gasteiger partial charge is 0.150 e. The summed E-state index contributed by atoms with van der Waals surface area (Å²) in [6, 6.07) is 4.20. The highest BCUT2D eigenvalue weighted by molar-refractivity contribution is 7.91. The fourth-order valence-corrected chi connectivity index (χ4v) is 5.51. The van der Waals surface area contributed by atoms with Gasteiger partial charge < -0.3 is 5.32 Å². The summed E-state index contributed by atoms with van der Waals surface area (Å²) in [6.45, 7) is 2.96. The molecule has 1 fully saturated rings. The summed E-state index contributed by atoms with van der Waals surface area (Å²) in [4.78, 5) is 1.22. The standard InChI is InChI=1S/C14H22ClNO2S2/c1-3-16-14(12-7-8-13(15)19-12)10-5-4-6-11(9-10)20(2,17)18/h7-8,10-11,14,16H,3-6,9H2,1-2H3. The Bertz CT molecular complexity index is 541. The number of thiophene rings is 1. The van der Waals surface area contributed by atoms with Crippen molar-refractivity contribution in [2.45, 2.75) is 43.9 Å². The number of halogens is 1. The maximum Gasteiger partial charge on any atom is 0.150 e. The summed E-state index contributed by atoms with van der Waals surface area (Å²) in [5, 5.41) is 3.33. The van der Waals surface area contributed by atoms with Crippen LogP contribution in [0.1, 0.15) is 43.5 Å². The molecule has 2 rings (SSSR count). The van der Waals surface area contributed by atoms with E-state index in [4.69, 9.17) is 11.6 Å². The van der Waals surface area contributed by atoms with Gasteiger partial charge in [0.2, 0.25) is 0 Å². The molecule has 0 spiro atoms. The number of sulfone groups is 1. The minimum atomic E-state index is -2.93. The summed E-state index contributed by atoms with van der Waals surface area (Å²) >= 11 is 7.63. The van der Waals surface area contributed by atoms with Crippen molar-refractivity contribution >= 4 is 32.8 Å². The van der Waals surface area contributed by atoms with Gasteiger partial charge in [-0.05, 0) is 43.9 Å². The molecule has 1 N–H and O–H groups in total. The molecule has 3 unspecified atom stereocenters. The van der Waals surface area contributed by atoms with Crippen LogP contribution in [0.3, 0.4) is 0 Å². The SMILES string of the molecule is CCNC(c1ccc(Cl)s1)C1CCCC(S(C)(=O)=O)C1. The molecule has 114 valence electrons. The topological polar surface area (TPSA) is 46.2 Å². The molecule has 0 aliphatic heterocycles. The van der Waals surface area contributed by atoms with Crippen LogP contribution in [-0.4, -0.2) is 26.5 Å². The van der Waals surface area contributed by atoms with Crippen molar-refractivity contribution in [1.82, 2.24) is 5.32 Å². The van der Waals surface area contributed by atoms with Gasteiger partial charge in [0.1, 0.15) is 9.84 Å². The van der Waals surface area contributed by atoms with Crippen LogP contribution in [0.2, 0.25) is 4.34 Å². The largest absolute Gasteiger partial charge is 0.309 e. The Morgan fingerprint density at radius 2 is 2.20 bits per heavy atom. The monoisotopic (exact) mass is 335 g/mol. The number of nitrogens with one attached hydrogen (secondary N) is 1. The highest BCUT2D eigenvalue weighted by Crippen LogP contribution is 2.39. The molecule has 1 saturated carbocycles. The van der Waals surface area contributed by atoms with Crippen LogP contribution in [-0.2, 0) is 9.84 Å². The minimum Gasteiger partial charge on any atom is -0.309 e. The first-order valence-corrected chi connectivity index (χ1v) is 10.2. The first-order chi connectivity index (χ1) is 9.41. The van der Waals surface area contributed by atoms with E-state index in [2.05, 4.69) is 18.3 Å². The van der Waals surface area contributed by atoms with Crippen LogP contribution in [0.15, 0.2) is 12.1 Å². The Morgan fingerprint density at radius 3 is 2.75 bits per heavy atom. The van der Waals surface area contributed by atoms with Crippen LogP contribution in [0, 0.1) is 5.92 Å². The van der Waals surface area contributed by atoms with Gasteiger partial charge in [-0.1, -0.05) is 24.9 Å². The summed E-state index contributed by atoms with van der Waals surface area (Å²) in [6.07, 6.45) is 5.00. The second-order valence-electron chi connectivity index (χ2n) is 5.56. The lowest BCUT2D eigenvalue weighted by Crippen LogP contribution is -2.35. The third-order valence-corrected chi connectivity index (χ3v) is 7.02. The third kappa shape index (κ3) is 3.97. The molecule has 6 heteroatoms. The van der Waals surface area contributed by atoms with Crippen molar-refractivity contribution in [1.29, 1.82) is 0 Å². The molecule has 0 aromatic carbocycles. The first kappa shape index (κ1) is 16.3. The number of hydrogen-bond acceptors (Lipinski definition) is 4. The van der Waals surface area contributed by atoms with Crippen LogP contribution in [0.5, 0.6) is 0 Å². The normalized spacial score (nSPS) is 25.6. The van der Waals surface area contributed by atoms with Gasteiger partial charge in [0.25, 0.3) is 0 Å². The number of hydrogen-bond donors (Lipinski definition) is 1. The van der Waals surface area contributed by atoms with Crippen molar-refractivity contribution in [2.24, 2.45) is 5.92 Å². The van der Waals surface area contributed by atoms with Crippen LogP contribution in [0.25, 0.3) is 0 Å². The fourth-order valence-electron chi connectivity index (χ4n) is 3.09. The lowest BCUT2D eigenvalue weighted by molar-refractivity contribution is 0.278. The molecule has 0 radical (unpaired) electrons. The lowest BCUT2D eigenvalue weighted by atomic mass is 9.83. The molecule has 0 saturated heterocycles. The quantitative estimate of drug-likeness (QED) is 0.893. The highest BCUT2D eigenvalue weighted by Gasteiger charge is 2.33. The van der Waals surface area contributed by atoms with Crippen LogP contribution in [0.4, 0.5) is 0 Å². The van der Waals surface area contributed by atoms with Gasteiger partial charge in [-0.15, -0.1) is 11.3 Å². The fraction of sp³-hybridized carbons (Fsp3) is 0.714. The van der Waals surface area contributed by atoms with E-state index in [1.165, 1.54) is 11.1 Å². The highest BCUT2D eigenvalue weighted by atomic mass is 35.5. The zero-order valence-corrected chi connectivity index (χ0v) is 14.3. The Kier molecular flexibility index (Phi) is 5.51. The van der Waals surface area contributed by atoms with E-state index in [0.29, 0.717) is 5.92 Å². The third-order valence-electron chi connectivity index (χ3n) is 4.07. The Labute approximate surface area is 130 Å². The Balaban J connectivity index is 2.17. The zero-order valence-electron chi connectivity index (χ0n) is 11.9. The molecule has 3 atom stereocenters. The predicted octanol–water partition coefficient (Wildman–Crippen LogP) is 3.66. The maximum absolute atomic E-state index is 11.8. The summed E-state index contributed by atoms with van der Waals surface area (Å²) in [7, 11) is -2.93. The number of rotatable bonds is 5. The molecule has 3 nitrogen and oxygen atoms in total. The van der Waals surface area contributed by atoms with Gasteiger partial charge in [0.15, 0.2) is 0 Å². The second kappa shape index (κ2) is 6.77. The van der Waals surface area contributed by atoms with Crippen molar-refractivity contribution in [3.05, 3.63) is 21.3 Å². The van der Waals surface area contributed by atoms with E-state index in [9.17, 15) is 8.42 Å². The molecule has 1 heterocycles. The summed E-state index contributed by atoms with van der Waals surface area (Å²) < 4.78 is 24.4. The van der Waals surface area contributed by atoms with Gasteiger partial charge in [-0.2, -0.15) is 0 Å². The molecule has 1 aromatic heterocycles. The molecule has 20 heavy (non-hydrogen) atoms. The minimum absolute atomic E-state index is 0.183. The van der Waals surface area contributed by atoms with Gasteiger partial charge in [0, 0.05) is 17.2 Å². The average Bonchev–Trinajstić information content (AvgIpc) is 2.81. The van der Waals surface area contributed by atoms with Gasteiger partial charge in [-0.3, -0.25) is 0 Å². The molecule has 1 aromatic rings. The first-order valence-electron chi connectivity index (χ1n) is 7.09. The molecular weight excluding hydrogens is 314 g/mol. The van der Waals surface area contributed by atoms with E-state index in [-0.39, 0.29) is 11.3 Å². The average molecular weight is 336 g/mol. The molecular formula is C14H22ClNO2S2. The Hall–Kier alpha value is -0.100. The van der Waals surface area contributed by atoms with E-state index >= 15 is 0 Å². The summed E-state index contributed by atoms with van der Waals surface area (Å²) in [5.74, 6) is 0.373. The van der Waals surface area contributed by atoms with E-state index in [1.54, 1.807) is 11.3 Å². The van der Waals surface area contributed by atoms with E-state index < -0.39 is 9.84 Å². The van der Waals surface area contributed by atoms with Crippen LogP contribution >= 0.6 is 22.9 Å². The Morgan fingerprint density at radius 1 is 1.45 bits per heavy atom. The van der Waals surface area contributed by atoms with Crippen LogP contribution < -0.4 is 5.32 Å². The lowest BCUT2D eigenvalue weighted by Gasteiger charge is -2.33. The van der Waals surface area contributed by atoms with E-state index in [0.717, 1.165) is 36.6 Å². The summed E-state index contributed by atoms with van der Waals surface area (Å²) in [5.41, 5.74) is 0. The van der Waals surface area contributed by atoms with Gasteiger partial charge in [-0.25, -0.2) is 8.42 Å². The molecule has 1 aliphatic carbocycles. The molecule has 0 amide bonds. The second-order valence-corrected chi connectivity index (χ2v) is 9.63. The van der Waals surface area contributed by atoms with Crippen molar-refractivity contribution < 1.29 is 8.42 Å². The van der Waals surface area contributed by atoms with Crippen molar-refractivity contribution in [3.63, 3.8) is 0 Å². The van der Waals surface area contributed by atoms with E-state index in [1.807, 2.05) is 6.07 Å². The predicted molar refractivity (Wildman–Crippen MR) is 86.3 cm³/mol. The van der Waals surface area contributed by atoms with Gasteiger partial charge in [0.05, 0.1) is 9.59 Å². The van der Waals surface area contributed by atoms with Crippen molar-refractivity contribution in [2.75, 3.05) is 12.8 Å². The maximum atomic E-state index is 11.8. The van der Waals surface area contributed by atoms with Crippen molar-refractivity contribution in [3.8, 4) is 0 Å².